The van der Waals surface area contributed by atoms with Gasteiger partial charge in [0.25, 0.3) is 5.91 Å². The Kier molecular flexibility index (Phi) is 5.35. The number of fused-ring (bicyclic) bond motifs is 3. The number of rotatable bonds is 5. The molecule has 4 rings (SSSR count). The molecular weight excluding hydrogens is 406 g/mol. The lowest BCUT2D eigenvalue weighted by Crippen LogP contribution is -2.62. The fraction of sp³-hybridized carbons (Fsp3) is 0.500. The van der Waals surface area contributed by atoms with Gasteiger partial charge in [-0.3, -0.25) is 19.3 Å². The van der Waals surface area contributed by atoms with E-state index in [1.807, 2.05) is 63.6 Å². The summed E-state index contributed by atoms with van der Waals surface area (Å²) in [4.78, 5) is 42.1. The van der Waals surface area contributed by atoms with Crippen LogP contribution in [0.25, 0.3) is 0 Å². The lowest BCUT2D eigenvalue weighted by atomic mass is 9.98. The topological polar surface area (TPSA) is 87.5 Å². The number of nitrogens with one attached hydrogen (secondary N) is 1. The Bertz CT molecular complexity index is 1080. The van der Waals surface area contributed by atoms with Gasteiger partial charge >= 0.3 is 0 Å². The van der Waals surface area contributed by atoms with E-state index in [0.717, 1.165) is 5.69 Å². The number of carbonyl (C=O) groups excluding carboxylic acids is 3. The van der Waals surface area contributed by atoms with Crippen LogP contribution in [0.1, 0.15) is 69.4 Å². The first-order chi connectivity index (χ1) is 15.0. The van der Waals surface area contributed by atoms with E-state index in [0.29, 0.717) is 42.9 Å². The van der Waals surface area contributed by atoms with Gasteiger partial charge in [0.15, 0.2) is 0 Å². The maximum absolute atomic E-state index is 13.3. The normalized spacial score (nSPS) is 20.4. The molecule has 8 heteroatoms. The molecular formula is C24H31N5O3. The third-order valence-electron chi connectivity index (χ3n) is 6.27. The van der Waals surface area contributed by atoms with E-state index in [1.54, 1.807) is 15.9 Å². The number of anilines is 2. The second-order valence-electron chi connectivity index (χ2n) is 9.83. The van der Waals surface area contributed by atoms with Gasteiger partial charge in [-0.15, -0.1) is 0 Å². The van der Waals surface area contributed by atoms with Gasteiger partial charge in [0.1, 0.15) is 11.5 Å². The average Bonchev–Trinajstić information content (AvgIpc) is 3.24. The molecule has 2 aliphatic rings. The van der Waals surface area contributed by atoms with Crippen molar-refractivity contribution in [2.24, 2.45) is 0 Å². The van der Waals surface area contributed by atoms with E-state index >= 15 is 0 Å². The van der Waals surface area contributed by atoms with E-state index in [9.17, 15) is 14.4 Å². The van der Waals surface area contributed by atoms with Crippen LogP contribution in [0.15, 0.2) is 30.3 Å². The number of carbonyl (C=O) groups is 3. The summed E-state index contributed by atoms with van der Waals surface area (Å²) in [6.45, 7) is 10.3. The zero-order chi connectivity index (χ0) is 23.3. The van der Waals surface area contributed by atoms with Gasteiger partial charge in [0, 0.05) is 25.5 Å². The fourth-order valence-electron chi connectivity index (χ4n) is 4.74. The minimum absolute atomic E-state index is 0.0287. The molecule has 0 spiro atoms. The Morgan fingerprint density at radius 2 is 1.94 bits per heavy atom. The Balaban J connectivity index is 1.46. The van der Waals surface area contributed by atoms with Gasteiger partial charge in [-0.25, -0.2) is 4.68 Å². The molecule has 3 heterocycles. The largest absolute Gasteiger partial charge is 0.315 e. The van der Waals surface area contributed by atoms with Crippen LogP contribution in [-0.2, 0) is 15.1 Å². The molecule has 2 aliphatic heterocycles. The molecule has 0 radical (unpaired) electrons. The van der Waals surface area contributed by atoms with Crippen molar-refractivity contribution in [2.75, 3.05) is 16.8 Å². The van der Waals surface area contributed by atoms with Crippen LogP contribution in [-0.4, -0.2) is 44.6 Å². The Morgan fingerprint density at radius 1 is 1.22 bits per heavy atom. The van der Waals surface area contributed by atoms with Gasteiger partial charge < -0.3 is 10.2 Å². The number of amides is 3. The quantitative estimate of drug-likeness (QED) is 0.773. The Hall–Kier alpha value is -3.16. The molecule has 0 bridgehead atoms. The number of benzene rings is 1. The molecule has 1 unspecified atom stereocenters. The minimum Gasteiger partial charge on any atom is -0.315 e. The van der Waals surface area contributed by atoms with E-state index in [2.05, 4.69) is 10.4 Å². The van der Waals surface area contributed by atoms with Crippen molar-refractivity contribution in [3.05, 3.63) is 41.6 Å². The van der Waals surface area contributed by atoms with Crippen LogP contribution >= 0.6 is 0 Å². The van der Waals surface area contributed by atoms with Crippen molar-refractivity contribution < 1.29 is 14.4 Å². The monoisotopic (exact) mass is 437 g/mol. The third-order valence-corrected chi connectivity index (χ3v) is 6.27. The van der Waals surface area contributed by atoms with E-state index in [-0.39, 0.29) is 29.7 Å². The molecule has 1 aromatic heterocycles. The average molecular weight is 438 g/mol. The summed E-state index contributed by atoms with van der Waals surface area (Å²) in [5.41, 5.74) is 1.11. The zero-order valence-electron chi connectivity index (χ0n) is 19.4. The van der Waals surface area contributed by atoms with Gasteiger partial charge in [0.05, 0.1) is 22.5 Å². The van der Waals surface area contributed by atoms with Crippen LogP contribution in [0.3, 0.4) is 0 Å². The lowest BCUT2D eigenvalue weighted by molar-refractivity contribution is -0.118. The first-order valence-corrected chi connectivity index (χ1v) is 11.1. The summed E-state index contributed by atoms with van der Waals surface area (Å²) < 4.78 is 1.81. The van der Waals surface area contributed by atoms with E-state index < -0.39 is 5.66 Å². The highest BCUT2D eigenvalue weighted by atomic mass is 16.2. The summed E-state index contributed by atoms with van der Waals surface area (Å²) in [5.74, 6) is 0.490. The van der Waals surface area contributed by atoms with Crippen molar-refractivity contribution in [1.82, 2.24) is 14.7 Å². The molecule has 8 nitrogen and oxygen atoms in total. The summed E-state index contributed by atoms with van der Waals surface area (Å²) in [7, 11) is 0. The SMILES string of the molecule is Cc1cc(NC(=O)CCCN2C(=O)c3ccccc3N3C(=O)CCC23C)n(C(C)(C)C)n1. The van der Waals surface area contributed by atoms with Crippen LogP contribution in [0.5, 0.6) is 0 Å². The van der Waals surface area contributed by atoms with Gasteiger partial charge in [-0.05, 0) is 59.6 Å². The number of aryl methyl sites for hydroxylation is 1. The summed E-state index contributed by atoms with van der Waals surface area (Å²) in [5, 5.41) is 7.44. The number of para-hydroxylation sites is 1. The number of hydrogen-bond donors (Lipinski definition) is 1. The molecule has 0 aliphatic carbocycles. The van der Waals surface area contributed by atoms with Crippen molar-refractivity contribution in [2.45, 2.75) is 71.5 Å². The minimum atomic E-state index is -0.693. The molecule has 1 atom stereocenters. The molecule has 1 aromatic carbocycles. The molecule has 3 amide bonds. The zero-order valence-corrected chi connectivity index (χ0v) is 19.4. The lowest BCUT2D eigenvalue weighted by Gasteiger charge is -2.48. The van der Waals surface area contributed by atoms with Crippen LogP contribution in [0.4, 0.5) is 11.5 Å². The second kappa shape index (κ2) is 7.76. The molecule has 32 heavy (non-hydrogen) atoms. The van der Waals surface area contributed by atoms with Gasteiger partial charge in [-0.1, -0.05) is 12.1 Å². The predicted molar refractivity (Wildman–Crippen MR) is 122 cm³/mol. The Morgan fingerprint density at radius 3 is 2.66 bits per heavy atom. The second-order valence-corrected chi connectivity index (χ2v) is 9.83. The highest BCUT2D eigenvalue weighted by Gasteiger charge is 2.52. The van der Waals surface area contributed by atoms with E-state index in [1.165, 1.54) is 0 Å². The highest BCUT2D eigenvalue weighted by Crippen LogP contribution is 2.44. The van der Waals surface area contributed by atoms with Crippen molar-refractivity contribution in [1.29, 1.82) is 0 Å². The predicted octanol–water partition coefficient (Wildman–Crippen LogP) is 3.66. The van der Waals surface area contributed by atoms with Crippen LogP contribution in [0.2, 0.25) is 0 Å². The van der Waals surface area contributed by atoms with Crippen molar-refractivity contribution >= 4 is 29.2 Å². The summed E-state index contributed by atoms with van der Waals surface area (Å²) in [6, 6.07) is 9.11. The van der Waals surface area contributed by atoms with Gasteiger partial charge in [0.2, 0.25) is 11.8 Å². The molecule has 170 valence electrons. The van der Waals surface area contributed by atoms with Crippen molar-refractivity contribution in [3.8, 4) is 0 Å². The molecule has 1 N–H and O–H groups in total. The maximum Gasteiger partial charge on any atom is 0.257 e. The molecule has 2 aromatic rings. The summed E-state index contributed by atoms with van der Waals surface area (Å²) >= 11 is 0. The third kappa shape index (κ3) is 3.67. The molecule has 1 fully saturated rings. The molecule has 1 saturated heterocycles. The number of nitrogens with zero attached hydrogens (tertiary/aromatic N) is 4. The van der Waals surface area contributed by atoms with Crippen molar-refractivity contribution in [3.63, 3.8) is 0 Å². The van der Waals surface area contributed by atoms with Crippen LogP contribution < -0.4 is 10.2 Å². The van der Waals surface area contributed by atoms with Crippen LogP contribution in [0, 0.1) is 6.92 Å². The fourth-order valence-corrected chi connectivity index (χ4v) is 4.74. The van der Waals surface area contributed by atoms with Gasteiger partial charge in [-0.2, -0.15) is 5.10 Å². The smallest absolute Gasteiger partial charge is 0.257 e. The highest BCUT2D eigenvalue weighted by molar-refractivity contribution is 6.10. The first kappa shape index (κ1) is 22.0. The maximum atomic E-state index is 13.3. The molecule has 0 saturated carbocycles. The first-order valence-electron chi connectivity index (χ1n) is 11.1. The summed E-state index contributed by atoms with van der Waals surface area (Å²) in [6.07, 6.45) is 1.76. The standard InChI is InChI=1S/C24H31N5O3/c1-16-15-19(29(26-16)23(2,3)4)25-20(30)11-8-14-27-22(32)17-9-6-7-10-18(17)28-21(31)12-13-24(27,28)5/h6-7,9-10,15H,8,11-14H2,1-5H3,(H,25,30). The van der Waals surface area contributed by atoms with E-state index in [4.69, 9.17) is 0 Å². The number of hydrogen-bond acceptors (Lipinski definition) is 4. The Labute approximate surface area is 188 Å². The number of aromatic nitrogens is 2.